The minimum Gasteiger partial charge on any atom is -0.0985 e. The van der Waals surface area contributed by atoms with Crippen molar-refractivity contribution in [1.29, 1.82) is 0 Å². The highest BCUT2D eigenvalue weighted by Crippen LogP contribution is 2.27. The molecule has 0 aliphatic heterocycles. The van der Waals surface area contributed by atoms with E-state index in [1.165, 1.54) is 16.2 Å². The summed E-state index contributed by atoms with van der Waals surface area (Å²) in [5, 5.41) is 2.88. The van der Waals surface area contributed by atoms with Gasteiger partial charge in [0, 0.05) is 0 Å². The van der Waals surface area contributed by atoms with Crippen LogP contribution in [0.4, 0.5) is 0 Å². The normalized spacial score (nSPS) is 9.73. The van der Waals surface area contributed by atoms with Gasteiger partial charge in [-0.3, -0.25) is 0 Å². The summed E-state index contributed by atoms with van der Waals surface area (Å²) in [4.78, 5) is 0. The molecule has 0 aliphatic rings. The van der Waals surface area contributed by atoms with Gasteiger partial charge in [0.2, 0.25) is 0 Å². The lowest BCUT2D eigenvalue weighted by atomic mass is 10.2. The van der Waals surface area contributed by atoms with Crippen LogP contribution in [-0.2, 0) is 0 Å². The van der Waals surface area contributed by atoms with Crippen LogP contribution < -0.4 is 10.6 Å². The van der Waals surface area contributed by atoms with Gasteiger partial charge < -0.3 is 0 Å². The van der Waals surface area contributed by atoms with Gasteiger partial charge in [-0.1, -0.05) is 104 Å². The molecule has 1 heteroatoms. The van der Waals surface area contributed by atoms with Crippen molar-refractivity contribution in [3.63, 3.8) is 0 Å². The standard InChI is InChI=1S/C13H13P.C8H8/c1-14(12-8-4-2-5-9-12)13-10-6-3-7-11-13;1-2-8-6-4-3-5-7-8/h2-11H,1H3;2-7H,1H2. The third kappa shape index (κ3) is 4.98. The molecule has 0 atom stereocenters. The molecule has 0 aliphatic carbocycles. The molecule has 3 rings (SSSR count). The van der Waals surface area contributed by atoms with Crippen molar-refractivity contribution in [2.24, 2.45) is 0 Å². The molecule has 22 heavy (non-hydrogen) atoms. The number of benzene rings is 3. The molecule has 110 valence electrons. The smallest absolute Gasteiger partial charge is 0.0198 e. The largest absolute Gasteiger partial charge is 0.0985 e. The fraction of sp³-hybridized carbons (Fsp3) is 0.0476. The van der Waals surface area contributed by atoms with E-state index in [4.69, 9.17) is 0 Å². The molecule has 0 aromatic heterocycles. The van der Waals surface area contributed by atoms with Crippen molar-refractivity contribution >= 4 is 24.6 Å². The van der Waals surface area contributed by atoms with Gasteiger partial charge in [0.05, 0.1) is 0 Å². The first kappa shape index (κ1) is 16.2. The Morgan fingerprint density at radius 3 is 1.32 bits per heavy atom. The Kier molecular flexibility index (Phi) is 6.61. The Morgan fingerprint density at radius 1 is 0.636 bits per heavy atom. The average molecular weight is 304 g/mol. The van der Waals surface area contributed by atoms with Crippen molar-refractivity contribution < 1.29 is 0 Å². The highest BCUT2D eigenvalue weighted by atomic mass is 31.1. The van der Waals surface area contributed by atoms with E-state index in [1.807, 2.05) is 36.4 Å². The highest BCUT2D eigenvalue weighted by molar-refractivity contribution is 7.72. The Bertz CT molecular complexity index is 621. The molecule has 0 amide bonds. The zero-order chi connectivity index (χ0) is 15.6. The Morgan fingerprint density at radius 2 is 1.00 bits per heavy atom. The van der Waals surface area contributed by atoms with Gasteiger partial charge >= 0.3 is 0 Å². The van der Waals surface area contributed by atoms with Crippen LogP contribution in [0.2, 0.25) is 0 Å². The SMILES string of the molecule is C=Cc1ccccc1.CP(c1ccccc1)c1ccccc1. The van der Waals surface area contributed by atoms with E-state index in [9.17, 15) is 0 Å². The zero-order valence-corrected chi connectivity index (χ0v) is 13.8. The van der Waals surface area contributed by atoms with Crippen LogP contribution in [0.5, 0.6) is 0 Å². The van der Waals surface area contributed by atoms with Gasteiger partial charge in [0.25, 0.3) is 0 Å². The second kappa shape index (κ2) is 8.97. The molecule has 0 heterocycles. The summed E-state index contributed by atoms with van der Waals surface area (Å²) < 4.78 is 0. The van der Waals surface area contributed by atoms with Crippen LogP contribution in [0.3, 0.4) is 0 Å². The van der Waals surface area contributed by atoms with Crippen LogP contribution in [0.1, 0.15) is 5.56 Å². The third-order valence-corrected chi connectivity index (χ3v) is 5.47. The minimum atomic E-state index is -0.171. The zero-order valence-electron chi connectivity index (χ0n) is 12.9. The summed E-state index contributed by atoms with van der Waals surface area (Å²) in [6, 6.07) is 31.4. The summed E-state index contributed by atoms with van der Waals surface area (Å²) in [7, 11) is -0.171. The summed E-state index contributed by atoms with van der Waals surface area (Å²) in [5.41, 5.74) is 1.17. The second-order valence-electron chi connectivity index (χ2n) is 4.84. The molecule has 3 aromatic rings. The lowest BCUT2D eigenvalue weighted by Crippen LogP contribution is -2.09. The molecule has 0 saturated carbocycles. The molecule has 0 N–H and O–H groups in total. The molecular formula is C21H21P. The molecule has 3 aromatic carbocycles. The van der Waals surface area contributed by atoms with Crippen molar-refractivity contribution in [3.8, 4) is 0 Å². The Labute approximate surface area is 134 Å². The molecule has 0 fully saturated rings. The van der Waals surface area contributed by atoms with Crippen LogP contribution in [0.15, 0.2) is 97.6 Å². The number of rotatable bonds is 3. The Hall–Kier alpha value is -2.17. The molecule has 0 nitrogen and oxygen atoms in total. The first-order valence-electron chi connectivity index (χ1n) is 7.32. The van der Waals surface area contributed by atoms with Crippen LogP contribution in [0.25, 0.3) is 6.08 Å². The average Bonchev–Trinajstić information content (AvgIpc) is 2.64. The van der Waals surface area contributed by atoms with E-state index in [-0.39, 0.29) is 7.92 Å². The molecule has 0 saturated heterocycles. The highest BCUT2D eigenvalue weighted by Gasteiger charge is 2.05. The molecule has 0 bridgehead atoms. The molecular weight excluding hydrogens is 283 g/mol. The lowest BCUT2D eigenvalue weighted by Gasteiger charge is -2.12. The quantitative estimate of drug-likeness (QED) is 0.592. The van der Waals surface area contributed by atoms with Gasteiger partial charge in [0.1, 0.15) is 0 Å². The molecule has 0 radical (unpaired) electrons. The van der Waals surface area contributed by atoms with Gasteiger partial charge in [-0.05, 0) is 30.8 Å². The second-order valence-corrected chi connectivity index (χ2v) is 7.00. The van der Waals surface area contributed by atoms with Crippen LogP contribution >= 0.6 is 7.92 Å². The maximum absolute atomic E-state index is 3.63. The number of hydrogen-bond acceptors (Lipinski definition) is 0. The van der Waals surface area contributed by atoms with E-state index >= 15 is 0 Å². The summed E-state index contributed by atoms with van der Waals surface area (Å²) in [6.45, 7) is 5.94. The molecule has 0 unspecified atom stereocenters. The van der Waals surface area contributed by atoms with Crippen LogP contribution in [0, 0.1) is 0 Å². The van der Waals surface area contributed by atoms with Crippen molar-refractivity contribution in [2.75, 3.05) is 6.66 Å². The van der Waals surface area contributed by atoms with E-state index < -0.39 is 0 Å². The monoisotopic (exact) mass is 304 g/mol. The van der Waals surface area contributed by atoms with E-state index in [0.717, 1.165) is 0 Å². The van der Waals surface area contributed by atoms with Crippen molar-refractivity contribution in [3.05, 3.63) is 103 Å². The van der Waals surface area contributed by atoms with E-state index in [2.05, 4.69) is 73.9 Å². The molecule has 0 spiro atoms. The first-order chi connectivity index (χ1) is 10.8. The Balaban J connectivity index is 0.000000188. The summed E-state index contributed by atoms with van der Waals surface area (Å²) >= 11 is 0. The first-order valence-corrected chi connectivity index (χ1v) is 9.11. The van der Waals surface area contributed by atoms with E-state index in [0.29, 0.717) is 0 Å². The number of hydrogen-bond donors (Lipinski definition) is 0. The van der Waals surface area contributed by atoms with Gasteiger partial charge in [-0.2, -0.15) is 0 Å². The maximum Gasteiger partial charge on any atom is -0.0198 e. The fourth-order valence-corrected chi connectivity index (χ4v) is 3.58. The van der Waals surface area contributed by atoms with Crippen molar-refractivity contribution in [1.82, 2.24) is 0 Å². The van der Waals surface area contributed by atoms with Gasteiger partial charge in [-0.15, -0.1) is 0 Å². The summed E-state index contributed by atoms with van der Waals surface area (Å²) in [6.07, 6.45) is 1.83. The van der Waals surface area contributed by atoms with Gasteiger partial charge in [0.15, 0.2) is 0 Å². The van der Waals surface area contributed by atoms with Crippen molar-refractivity contribution in [2.45, 2.75) is 0 Å². The summed E-state index contributed by atoms with van der Waals surface area (Å²) in [5.74, 6) is 0. The predicted molar refractivity (Wildman–Crippen MR) is 102 cm³/mol. The van der Waals surface area contributed by atoms with Gasteiger partial charge in [-0.25, -0.2) is 0 Å². The lowest BCUT2D eigenvalue weighted by molar-refractivity contribution is 1.67. The minimum absolute atomic E-state index is 0.171. The van der Waals surface area contributed by atoms with E-state index in [1.54, 1.807) is 0 Å². The fourth-order valence-electron chi connectivity index (χ4n) is 2.04. The van der Waals surface area contributed by atoms with Crippen LogP contribution in [-0.4, -0.2) is 6.66 Å². The third-order valence-electron chi connectivity index (χ3n) is 3.32. The maximum atomic E-state index is 3.63. The predicted octanol–water partition coefficient (Wildman–Crippen LogP) is 5.08. The topological polar surface area (TPSA) is 0 Å².